The molecular weight excluding hydrogens is 415 g/mol. The van der Waals surface area contributed by atoms with Crippen molar-refractivity contribution in [3.63, 3.8) is 0 Å². The highest BCUT2D eigenvalue weighted by Crippen LogP contribution is 2.43. The first-order chi connectivity index (χ1) is 12.9. The molecule has 0 radical (unpaired) electrons. The number of pyridine rings is 1. The van der Waals surface area contributed by atoms with Crippen molar-refractivity contribution in [1.82, 2.24) is 15.2 Å². The van der Waals surface area contributed by atoms with Gasteiger partial charge >= 0.3 is 11.9 Å². The first kappa shape index (κ1) is 25.6. The lowest BCUT2D eigenvalue weighted by Crippen LogP contribution is -2.75. The average Bonchev–Trinajstić information content (AvgIpc) is 2.68. The Morgan fingerprint density at radius 2 is 1.66 bits per heavy atom. The third-order valence-corrected chi connectivity index (χ3v) is 6.40. The molecule has 1 aromatic heterocycles. The lowest BCUT2D eigenvalue weighted by Gasteiger charge is -2.57. The number of anilines is 1. The first-order valence-electron chi connectivity index (χ1n) is 9.75. The van der Waals surface area contributed by atoms with E-state index in [0.29, 0.717) is 6.42 Å². The Morgan fingerprint density at radius 1 is 1.07 bits per heavy atom. The van der Waals surface area contributed by atoms with Gasteiger partial charge in [-0.1, -0.05) is 12.8 Å². The maximum absolute atomic E-state index is 13.0. The number of hydrogen-bond donors (Lipinski definition) is 1. The van der Waals surface area contributed by atoms with E-state index in [2.05, 4.69) is 27.0 Å². The normalized spacial score (nSPS) is 27.3. The van der Waals surface area contributed by atoms with Crippen molar-refractivity contribution in [3.05, 3.63) is 24.5 Å². The maximum Gasteiger partial charge on any atom is 0.335 e. The Labute approximate surface area is 185 Å². The molecule has 0 amide bonds. The van der Waals surface area contributed by atoms with Gasteiger partial charge in [0, 0.05) is 56.7 Å². The molecule has 1 aliphatic heterocycles. The Bertz CT molecular complexity index is 686. The number of nitrogens with zero attached hydrogens (tertiary/aromatic N) is 3. The molecule has 0 spiro atoms. The van der Waals surface area contributed by atoms with Gasteiger partial charge in [0.25, 0.3) is 0 Å². The Hall–Kier alpha value is -1.41. The molecule has 164 valence electrons. The molecular formula is C20H32Cl2N4O3. The van der Waals surface area contributed by atoms with E-state index in [9.17, 15) is 9.59 Å². The average molecular weight is 447 g/mol. The van der Waals surface area contributed by atoms with Gasteiger partial charge in [-0.05, 0) is 38.9 Å². The van der Waals surface area contributed by atoms with E-state index in [1.165, 1.54) is 12.6 Å². The molecule has 1 aromatic rings. The van der Waals surface area contributed by atoms with Crippen molar-refractivity contribution < 1.29 is 14.3 Å². The fourth-order valence-corrected chi connectivity index (χ4v) is 4.82. The Kier molecular flexibility index (Phi) is 9.34. The summed E-state index contributed by atoms with van der Waals surface area (Å²) >= 11 is 0. The summed E-state index contributed by atoms with van der Waals surface area (Å²) in [6, 6.07) is 4.06. The largest absolute Gasteiger partial charge is 0.392 e. The van der Waals surface area contributed by atoms with Crippen LogP contribution >= 0.6 is 24.8 Å². The monoisotopic (exact) mass is 446 g/mol. The Morgan fingerprint density at radius 3 is 2.21 bits per heavy atom. The van der Waals surface area contributed by atoms with Gasteiger partial charge in [0.05, 0.1) is 0 Å². The number of esters is 2. The van der Waals surface area contributed by atoms with Crippen LogP contribution in [-0.4, -0.2) is 66.1 Å². The smallest absolute Gasteiger partial charge is 0.335 e. The zero-order valence-electron chi connectivity index (χ0n) is 17.3. The van der Waals surface area contributed by atoms with E-state index >= 15 is 0 Å². The summed E-state index contributed by atoms with van der Waals surface area (Å²) in [5.74, 6) is -0.999. The van der Waals surface area contributed by atoms with Gasteiger partial charge in [-0.2, -0.15) is 0 Å². The molecule has 0 aromatic carbocycles. The summed E-state index contributed by atoms with van der Waals surface area (Å²) < 4.78 is 5.08. The molecule has 1 saturated heterocycles. The van der Waals surface area contributed by atoms with Gasteiger partial charge in [-0.25, -0.2) is 4.79 Å². The van der Waals surface area contributed by atoms with Crippen LogP contribution in [0.3, 0.4) is 0 Å². The number of rotatable bonds is 4. The summed E-state index contributed by atoms with van der Waals surface area (Å²) in [6.45, 7) is 6.93. The van der Waals surface area contributed by atoms with Gasteiger partial charge in [-0.3, -0.25) is 14.7 Å². The summed E-state index contributed by atoms with van der Waals surface area (Å²) in [4.78, 5) is 33.2. The molecule has 1 N–H and O–H groups in total. The fourth-order valence-electron chi connectivity index (χ4n) is 4.82. The highest BCUT2D eigenvalue weighted by atomic mass is 35.5. The van der Waals surface area contributed by atoms with Crippen LogP contribution in [0.25, 0.3) is 0 Å². The minimum Gasteiger partial charge on any atom is -0.392 e. The van der Waals surface area contributed by atoms with Crippen molar-refractivity contribution in [3.8, 4) is 0 Å². The standard InChI is InChI=1S/C20H30N4O3.2ClH/c1-16(25)27-18(26)20(21-3)9-5-4-8-19(20,2)24-14-12-23(13-15-24)17-6-10-22-11-7-17;;/h6-7,10-11,21H,4-5,8-9,12-15H2,1-3H3;2*1H. The highest BCUT2D eigenvalue weighted by Gasteiger charge is 2.58. The number of hydrogen-bond acceptors (Lipinski definition) is 7. The van der Waals surface area contributed by atoms with E-state index in [1.54, 1.807) is 7.05 Å². The minimum absolute atomic E-state index is 0. The summed E-state index contributed by atoms with van der Waals surface area (Å²) in [5.41, 5.74) is -0.0820. The number of ether oxygens (including phenoxy) is 1. The predicted molar refractivity (Wildman–Crippen MR) is 118 cm³/mol. The molecule has 2 fully saturated rings. The molecule has 1 saturated carbocycles. The van der Waals surface area contributed by atoms with Crippen molar-refractivity contribution in [2.75, 3.05) is 38.1 Å². The number of halogens is 2. The topological polar surface area (TPSA) is 74.8 Å². The molecule has 2 heterocycles. The lowest BCUT2D eigenvalue weighted by molar-refractivity contribution is -0.171. The fraction of sp³-hybridized carbons (Fsp3) is 0.650. The number of nitrogens with one attached hydrogen (secondary N) is 1. The van der Waals surface area contributed by atoms with Crippen LogP contribution in [-0.2, 0) is 14.3 Å². The van der Waals surface area contributed by atoms with E-state index in [4.69, 9.17) is 4.74 Å². The molecule has 0 bridgehead atoms. The van der Waals surface area contributed by atoms with Crippen molar-refractivity contribution >= 4 is 42.4 Å². The molecule has 1 aliphatic carbocycles. The number of carbonyl (C=O) groups is 2. The van der Waals surface area contributed by atoms with Crippen LogP contribution in [0.15, 0.2) is 24.5 Å². The molecule has 3 rings (SSSR count). The third-order valence-electron chi connectivity index (χ3n) is 6.40. The van der Waals surface area contributed by atoms with Gasteiger partial charge in [0.1, 0.15) is 5.54 Å². The second-order valence-electron chi connectivity index (χ2n) is 7.70. The van der Waals surface area contributed by atoms with Gasteiger partial charge in [-0.15, -0.1) is 24.8 Å². The van der Waals surface area contributed by atoms with E-state index < -0.39 is 23.0 Å². The highest BCUT2D eigenvalue weighted by molar-refractivity contribution is 5.91. The zero-order valence-corrected chi connectivity index (χ0v) is 19.0. The molecule has 29 heavy (non-hydrogen) atoms. The molecule has 9 heteroatoms. The number of piperazine rings is 1. The van der Waals surface area contributed by atoms with Crippen LogP contribution < -0.4 is 10.2 Å². The number of aromatic nitrogens is 1. The van der Waals surface area contributed by atoms with Gasteiger partial charge in [0.2, 0.25) is 0 Å². The predicted octanol–water partition coefficient (Wildman–Crippen LogP) is 2.43. The number of carbonyl (C=O) groups excluding carboxylic acids is 2. The van der Waals surface area contributed by atoms with Crippen LogP contribution in [0.1, 0.15) is 39.5 Å². The van der Waals surface area contributed by atoms with Gasteiger partial charge < -0.3 is 15.0 Å². The van der Waals surface area contributed by atoms with Crippen LogP contribution in [0, 0.1) is 0 Å². The summed E-state index contributed by atoms with van der Waals surface area (Å²) in [5, 5.41) is 3.26. The second-order valence-corrected chi connectivity index (χ2v) is 7.70. The van der Waals surface area contributed by atoms with Crippen molar-refractivity contribution in [1.29, 1.82) is 0 Å². The van der Waals surface area contributed by atoms with Crippen molar-refractivity contribution in [2.24, 2.45) is 0 Å². The van der Waals surface area contributed by atoms with Crippen molar-refractivity contribution in [2.45, 2.75) is 50.6 Å². The Balaban J connectivity index is 0.00000210. The van der Waals surface area contributed by atoms with Crippen LogP contribution in [0.4, 0.5) is 5.69 Å². The molecule has 7 nitrogen and oxygen atoms in total. The second kappa shape index (κ2) is 10.6. The van der Waals surface area contributed by atoms with E-state index in [1.807, 2.05) is 24.5 Å². The first-order valence-corrected chi connectivity index (χ1v) is 9.75. The SMILES string of the molecule is CNC1(C(=O)OC(C)=O)CCCCC1(C)N1CCN(c2ccncc2)CC1.Cl.Cl. The van der Waals surface area contributed by atoms with Crippen LogP contribution in [0.5, 0.6) is 0 Å². The van der Waals surface area contributed by atoms with E-state index in [-0.39, 0.29) is 24.8 Å². The number of likely N-dealkylation sites (N-methyl/N-ethyl adjacent to an activating group) is 1. The maximum atomic E-state index is 13.0. The summed E-state index contributed by atoms with van der Waals surface area (Å²) in [7, 11) is 1.80. The lowest BCUT2D eigenvalue weighted by atomic mass is 9.66. The molecule has 2 atom stereocenters. The zero-order chi connectivity index (χ0) is 19.5. The quantitative estimate of drug-likeness (QED) is 0.561. The minimum atomic E-state index is -0.865. The van der Waals surface area contributed by atoms with Crippen LogP contribution in [0.2, 0.25) is 0 Å². The molecule has 2 unspecified atom stereocenters. The summed E-state index contributed by atoms with van der Waals surface area (Å²) in [6.07, 6.45) is 7.22. The van der Waals surface area contributed by atoms with Gasteiger partial charge in [0.15, 0.2) is 0 Å². The third kappa shape index (κ3) is 4.85. The van der Waals surface area contributed by atoms with E-state index in [0.717, 1.165) is 45.4 Å². The molecule has 2 aliphatic rings.